The highest BCUT2D eigenvalue weighted by atomic mass is 16.3. The smallest absolute Gasteiger partial charge is 0.121 e. The van der Waals surface area contributed by atoms with E-state index in [2.05, 4.69) is 25.2 Å². The molecule has 0 spiro atoms. The number of furan rings is 1. The van der Waals surface area contributed by atoms with Gasteiger partial charge in [0.05, 0.1) is 6.04 Å². The van der Waals surface area contributed by atoms with Crippen molar-refractivity contribution in [3.63, 3.8) is 0 Å². The molecule has 1 unspecified atom stereocenters. The first-order chi connectivity index (χ1) is 7.13. The summed E-state index contributed by atoms with van der Waals surface area (Å²) in [5.41, 5.74) is 0. The van der Waals surface area contributed by atoms with Crippen LogP contribution in [0.25, 0.3) is 0 Å². The molecule has 2 nitrogen and oxygen atoms in total. The molecular weight excluding hydrogens is 186 g/mol. The van der Waals surface area contributed by atoms with Crippen LogP contribution < -0.4 is 5.32 Å². The van der Waals surface area contributed by atoms with Crippen molar-refractivity contribution >= 4 is 0 Å². The lowest BCUT2D eigenvalue weighted by atomic mass is 10.0. The zero-order valence-electron chi connectivity index (χ0n) is 10.3. The number of hydrogen-bond acceptors (Lipinski definition) is 2. The topological polar surface area (TPSA) is 25.2 Å². The van der Waals surface area contributed by atoms with Gasteiger partial charge in [-0.15, -0.1) is 0 Å². The van der Waals surface area contributed by atoms with Gasteiger partial charge in [-0.3, -0.25) is 0 Å². The molecule has 1 aromatic rings. The maximum atomic E-state index is 5.63. The summed E-state index contributed by atoms with van der Waals surface area (Å²) in [6.45, 7) is 6.53. The highest BCUT2D eigenvalue weighted by molar-refractivity contribution is 5.09. The number of nitrogens with one attached hydrogen (secondary N) is 1. The second kappa shape index (κ2) is 5.96. The van der Waals surface area contributed by atoms with E-state index in [1.165, 1.54) is 12.8 Å². The van der Waals surface area contributed by atoms with Crippen LogP contribution in [0.2, 0.25) is 0 Å². The third-order valence-electron chi connectivity index (χ3n) is 2.73. The van der Waals surface area contributed by atoms with Crippen LogP contribution in [0.1, 0.15) is 50.7 Å². The van der Waals surface area contributed by atoms with Gasteiger partial charge in [-0.05, 0) is 38.4 Å². The molecule has 2 heteroatoms. The molecule has 0 aromatic carbocycles. The summed E-state index contributed by atoms with van der Waals surface area (Å²) < 4.78 is 5.63. The molecular formula is C13H23NO. The first kappa shape index (κ1) is 12.3. The summed E-state index contributed by atoms with van der Waals surface area (Å²) in [7, 11) is 2.00. The number of hydrogen-bond donors (Lipinski definition) is 1. The van der Waals surface area contributed by atoms with Crippen molar-refractivity contribution in [1.82, 2.24) is 5.32 Å². The molecule has 1 aromatic heterocycles. The Bertz CT molecular complexity index is 278. The van der Waals surface area contributed by atoms with E-state index in [1.54, 1.807) is 0 Å². The van der Waals surface area contributed by atoms with Crippen LogP contribution >= 0.6 is 0 Å². The fourth-order valence-corrected chi connectivity index (χ4v) is 1.80. The predicted molar refractivity (Wildman–Crippen MR) is 63.9 cm³/mol. The Morgan fingerprint density at radius 3 is 2.47 bits per heavy atom. The quantitative estimate of drug-likeness (QED) is 0.773. The largest absolute Gasteiger partial charge is 0.465 e. The van der Waals surface area contributed by atoms with E-state index in [9.17, 15) is 0 Å². The minimum atomic E-state index is 0.373. The molecule has 0 radical (unpaired) electrons. The molecule has 0 saturated carbocycles. The number of aryl methyl sites for hydroxylation is 1. The molecule has 0 amide bonds. The third-order valence-corrected chi connectivity index (χ3v) is 2.73. The van der Waals surface area contributed by atoms with Gasteiger partial charge in [-0.2, -0.15) is 0 Å². The van der Waals surface area contributed by atoms with Gasteiger partial charge >= 0.3 is 0 Å². The molecule has 0 saturated heterocycles. The lowest BCUT2D eigenvalue weighted by Gasteiger charge is -2.14. The van der Waals surface area contributed by atoms with Crippen LogP contribution in [-0.4, -0.2) is 7.05 Å². The Kier molecular flexibility index (Phi) is 4.89. The van der Waals surface area contributed by atoms with Crippen molar-refractivity contribution in [3.8, 4) is 0 Å². The van der Waals surface area contributed by atoms with Crippen molar-refractivity contribution in [3.05, 3.63) is 23.7 Å². The van der Waals surface area contributed by atoms with Gasteiger partial charge in [0.1, 0.15) is 11.5 Å². The Morgan fingerprint density at radius 1 is 1.27 bits per heavy atom. The Morgan fingerprint density at radius 2 is 2.00 bits per heavy atom. The third kappa shape index (κ3) is 4.08. The van der Waals surface area contributed by atoms with Crippen molar-refractivity contribution in [2.75, 3.05) is 7.05 Å². The molecule has 1 heterocycles. The average molecular weight is 209 g/mol. The summed E-state index contributed by atoms with van der Waals surface area (Å²) >= 11 is 0. The summed E-state index contributed by atoms with van der Waals surface area (Å²) in [6, 6.07) is 4.48. The maximum Gasteiger partial charge on any atom is 0.121 e. The first-order valence-corrected chi connectivity index (χ1v) is 5.87. The van der Waals surface area contributed by atoms with Gasteiger partial charge in [0.15, 0.2) is 0 Å². The van der Waals surface area contributed by atoms with Crippen molar-refractivity contribution < 1.29 is 4.42 Å². The summed E-state index contributed by atoms with van der Waals surface area (Å²) in [5, 5.41) is 3.31. The van der Waals surface area contributed by atoms with Crippen LogP contribution in [0.3, 0.4) is 0 Å². The van der Waals surface area contributed by atoms with Crippen LogP contribution in [0.15, 0.2) is 16.5 Å². The van der Waals surface area contributed by atoms with E-state index < -0.39 is 0 Å². The minimum absolute atomic E-state index is 0.373. The predicted octanol–water partition coefficient (Wildman–Crippen LogP) is 3.67. The van der Waals surface area contributed by atoms with Gasteiger partial charge in [0.2, 0.25) is 0 Å². The zero-order valence-corrected chi connectivity index (χ0v) is 10.3. The molecule has 1 atom stereocenters. The molecule has 0 aliphatic heterocycles. The van der Waals surface area contributed by atoms with Crippen molar-refractivity contribution in [2.24, 2.45) is 5.92 Å². The van der Waals surface area contributed by atoms with Crippen LogP contribution in [0.4, 0.5) is 0 Å². The van der Waals surface area contributed by atoms with E-state index >= 15 is 0 Å². The fourth-order valence-electron chi connectivity index (χ4n) is 1.80. The Labute approximate surface area is 93.1 Å². The van der Waals surface area contributed by atoms with Crippen LogP contribution in [-0.2, 0) is 0 Å². The maximum absolute atomic E-state index is 5.63. The molecule has 0 bridgehead atoms. The summed E-state index contributed by atoms with van der Waals surface area (Å²) in [4.78, 5) is 0. The minimum Gasteiger partial charge on any atom is -0.465 e. The van der Waals surface area contributed by atoms with Crippen LogP contribution in [0.5, 0.6) is 0 Å². The highest BCUT2D eigenvalue weighted by Crippen LogP contribution is 2.22. The average Bonchev–Trinajstić information content (AvgIpc) is 2.59. The summed E-state index contributed by atoms with van der Waals surface area (Å²) in [6.07, 6.45) is 3.70. The lowest BCUT2D eigenvalue weighted by molar-refractivity contribution is 0.384. The second-order valence-electron chi connectivity index (χ2n) is 4.61. The fraction of sp³-hybridized carbons (Fsp3) is 0.692. The SMILES string of the molecule is CNC(CCCC(C)C)c1ccc(C)o1. The second-order valence-corrected chi connectivity index (χ2v) is 4.61. The monoisotopic (exact) mass is 209 g/mol. The molecule has 0 fully saturated rings. The van der Waals surface area contributed by atoms with E-state index in [1.807, 2.05) is 20.0 Å². The highest BCUT2D eigenvalue weighted by Gasteiger charge is 2.12. The van der Waals surface area contributed by atoms with E-state index in [0.29, 0.717) is 6.04 Å². The molecule has 0 aliphatic rings. The van der Waals surface area contributed by atoms with Gasteiger partial charge < -0.3 is 9.73 Å². The Hall–Kier alpha value is -0.760. The molecule has 15 heavy (non-hydrogen) atoms. The van der Waals surface area contributed by atoms with Crippen molar-refractivity contribution in [1.29, 1.82) is 0 Å². The van der Waals surface area contributed by atoms with Gasteiger partial charge in [0.25, 0.3) is 0 Å². The standard InChI is InChI=1S/C13H23NO/c1-10(2)6-5-7-12(14-4)13-9-8-11(3)15-13/h8-10,12,14H,5-7H2,1-4H3. The summed E-state index contributed by atoms with van der Waals surface area (Å²) in [5.74, 6) is 2.86. The molecule has 0 aliphatic carbocycles. The van der Waals surface area contributed by atoms with Crippen molar-refractivity contribution in [2.45, 2.75) is 46.1 Å². The lowest BCUT2D eigenvalue weighted by Crippen LogP contribution is -2.15. The molecule has 1 rings (SSSR count). The van der Waals surface area contributed by atoms with Gasteiger partial charge in [-0.25, -0.2) is 0 Å². The number of rotatable bonds is 6. The first-order valence-electron chi connectivity index (χ1n) is 5.87. The van der Waals surface area contributed by atoms with Gasteiger partial charge in [-0.1, -0.05) is 26.7 Å². The van der Waals surface area contributed by atoms with E-state index in [0.717, 1.165) is 23.9 Å². The zero-order chi connectivity index (χ0) is 11.3. The van der Waals surface area contributed by atoms with E-state index in [4.69, 9.17) is 4.42 Å². The van der Waals surface area contributed by atoms with Crippen LogP contribution in [0, 0.1) is 12.8 Å². The van der Waals surface area contributed by atoms with E-state index in [-0.39, 0.29) is 0 Å². The molecule has 1 N–H and O–H groups in total. The normalized spacial score (nSPS) is 13.4. The molecule has 86 valence electrons. The Balaban J connectivity index is 2.42. The van der Waals surface area contributed by atoms with Gasteiger partial charge in [0, 0.05) is 0 Å².